The first kappa shape index (κ1) is 16.9. The highest BCUT2D eigenvalue weighted by atomic mass is 79.9. The predicted molar refractivity (Wildman–Crippen MR) is 85.8 cm³/mol. The van der Waals surface area contributed by atoms with Gasteiger partial charge in [-0.1, -0.05) is 48.7 Å². The Bertz CT molecular complexity index is 606. The third-order valence-electron chi connectivity index (χ3n) is 4.40. The fraction of sp³-hybridized carbons (Fsp3) is 0.600. The molecule has 0 spiro atoms. The summed E-state index contributed by atoms with van der Waals surface area (Å²) < 4.78 is 41.7. The van der Waals surface area contributed by atoms with Gasteiger partial charge in [0.25, 0.3) is 0 Å². The van der Waals surface area contributed by atoms with Gasteiger partial charge in [0.1, 0.15) is 5.82 Å². The molecule has 1 fully saturated rings. The van der Waals surface area contributed by atoms with Crippen LogP contribution in [0.1, 0.15) is 38.7 Å². The molecule has 0 amide bonds. The van der Waals surface area contributed by atoms with Crippen molar-refractivity contribution in [2.24, 2.45) is 11.8 Å². The highest BCUT2D eigenvalue weighted by Crippen LogP contribution is 2.30. The molecule has 0 unspecified atom stereocenters. The maximum atomic E-state index is 13.8. The number of rotatable bonds is 4. The first-order valence-corrected chi connectivity index (χ1v) is 9.67. The first-order valence-electron chi connectivity index (χ1n) is 7.22. The number of nitrogens with one attached hydrogen (secondary N) is 1. The van der Waals surface area contributed by atoms with Crippen LogP contribution in [0.3, 0.4) is 0 Å². The lowest BCUT2D eigenvalue weighted by Gasteiger charge is -2.34. The topological polar surface area (TPSA) is 46.2 Å². The zero-order chi connectivity index (χ0) is 15.6. The molecule has 0 aliphatic heterocycles. The zero-order valence-corrected chi connectivity index (χ0v) is 14.7. The number of benzene rings is 1. The van der Waals surface area contributed by atoms with Crippen LogP contribution < -0.4 is 4.72 Å². The quantitative estimate of drug-likeness (QED) is 0.866. The number of hydrogen-bond donors (Lipinski definition) is 1. The second kappa shape index (κ2) is 6.75. The summed E-state index contributed by atoms with van der Waals surface area (Å²) >= 11 is 3.16. The van der Waals surface area contributed by atoms with Crippen molar-refractivity contribution in [3.05, 3.63) is 34.1 Å². The van der Waals surface area contributed by atoms with E-state index in [1.54, 1.807) is 6.07 Å². The predicted octanol–water partition coefficient (Wildman–Crippen LogP) is 3.83. The van der Waals surface area contributed by atoms with Crippen LogP contribution in [0.2, 0.25) is 0 Å². The molecule has 0 heterocycles. The molecule has 1 aliphatic rings. The molecule has 3 nitrogen and oxygen atoms in total. The molecule has 118 valence electrons. The minimum atomic E-state index is -3.53. The van der Waals surface area contributed by atoms with Crippen molar-refractivity contribution in [1.82, 2.24) is 4.72 Å². The van der Waals surface area contributed by atoms with E-state index in [-0.39, 0.29) is 17.4 Å². The molecular formula is C15H21BrFNO2S. The van der Waals surface area contributed by atoms with Crippen LogP contribution in [0, 0.1) is 17.7 Å². The van der Waals surface area contributed by atoms with E-state index in [0.29, 0.717) is 16.3 Å². The minimum absolute atomic E-state index is 0.0442. The normalized spacial score (nSPS) is 26.8. The summed E-state index contributed by atoms with van der Waals surface area (Å²) in [6, 6.07) is 4.40. The molecule has 1 aliphatic carbocycles. The SMILES string of the molecule is C[C@@H]1[C@H](C)CCC[C@H]1NS(=O)(=O)Cc1ccc(Br)cc1F. The molecule has 3 atom stereocenters. The van der Waals surface area contributed by atoms with Gasteiger partial charge in [-0.05, 0) is 30.4 Å². The van der Waals surface area contributed by atoms with E-state index in [0.717, 1.165) is 19.3 Å². The van der Waals surface area contributed by atoms with Gasteiger partial charge in [0.05, 0.1) is 5.75 Å². The highest BCUT2D eigenvalue weighted by Gasteiger charge is 2.30. The largest absolute Gasteiger partial charge is 0.216 e. The molecule has 2 rings (SSSR count). The minimum Gasteiger partial charge on any atom is -0.212 e. The summed E-state index contributed by atoms with van der Waals surface area (Å²) in [5.41, 5.74) is 0.196. The van der Waals surface area contributed by atoms with Gasteiger partial charge in [0.2, 0.25) is 10.0 Å². The van der Waals surface area contributed by atoms with E-state index in [1.807, 2.05) is 0 Å². The van der Waals surface area contributed by atoms with E-state index in [9.17, 15) is 12.8 Å². The maximum absolute atomic E-state index is 13.8. The molecule has 21 heavy (non-hydrogen) atoms. The Balaban J connectivity index is 2.08. The van der Waals surface area contributed by atoms with E-state index in [4.69, 9.17) is 0 Å². The number of hydrogen-bond acceptors (Lipinski definition) is 2. The van der Waals surface area contributed by atoms with Crippen LogP contribution in [-0.4, -0.2) is 14.5 Å². The average molecular weight is 378 g/mol. The van der Waals surface area contributed by atoms with Crippen molar-refractivity contribution in [1.29, 1.82) is 0 Å². The molecule has 0 radical (unpaired) electrons. The van der Waals surface area contributed by atoms with Crippen LogP contribution in [-0.2, 0) is 15.8 Å². The Labute approximate surface area is 134 Å². The lowest BCUT2D eigenvalue weighted by atomic mass is 9.78. The summed E-state index contributed by atoms with van der Waals surface area (Å²) in [5.74, 6) is 0.00273. The van der Waals surface area contributed by atoms with Crippen molar-refractivity contribution in [2.75, 3.05) is 0 Å². The molecular weight excluding hydrogens is 357 g/mol. The summed E-state index contributed by atoms with van der Waals surface area (Å²) in [6.07, 6.45) is 3.03. The van der Waals surface area contributed by atoms with Gasteiger partial charge >= 0.3 is 0 Å². The van der Waals surface area contributed by atoms with Crippen molar-refractivity contribution in [3.63, 3.8) is 0 Å². The van der Waals surface area contributed by atoms with Crippen LogP contribution in [0.4, 0.5) is 4.39 Å². The molecule has 0 bridgehead atoms. The summed E-state index contributed by atoms with van der Waals surface area (Å²) in [4.78, 5) is 0. The summed E-state index contributed by atoms with van der Waals surface area (Å²) in [5, 5.41) is 0. The average Bonchev–Trinajstić information content (AvgIpc) is 2.38. The van der Waals surface area contributed by atoms with E-state index < -0.39 is 15.8 Å². The van der Waals surface area contributed by atoms with Crippen molar-refractivity contribution in [2.45, 2.75) is 44.9 Å². The van der Waals surface area contributed by atoms with Gasteiger partial charge in [-0.2, -0.15) is 0 Å². The van der Waals surface area contributed by atoms with Gasteiger partial charge in [-0.3, -0.25) is 0 Å². The van der Waals surface area contributed by atoms with Crippen molar-refractivity contribution < 1.29 is 12.8 Å². The van der Waals surface area contributed by atoms with Gasteiger partial charge in [0.15, 0.2) is 0 Å². The zero-order valence-electron chi connectivity index (χ0n) is 12.3. The van der Waals surface area contributed by atoms with Gasteiger partial charge in [0, 0.05) is 16.1 Å². The van der Waals surface area contributed by atoms with Crippen LogP contribution in [0.15, 0.2) is 22.7 Å². The second-order valence-electron chi connectivity index (χ2n) is 5.99. The monoisotopic (exact) mass is 377 g/mol. The van der Waals surface area contributed by atoms with Crippen molar-refractivity contribution >= 4 is 26.0 Å². The van der Waals surface area contributed by atoms with Crippen LogP contribution in [0.25, 0.3) is 0 Å². The molecule has 6 heteroatoms. The number of sulfonamides is 1. The van der Waals surface area contributed by atoms with Crippen LogP contribution in [0.5, 0.6) is 0 Å². The fourth-order valence-electron chi connectivity index (χ4n) is 2.86. The fourth-order valence-corrected chi connectivity index (χ4v) is 4.72. The van der Waals surface area contributed by atoms with Gasteiger partial charge in [-0.15, -0.1) is 0 Å². The second-order valence-corrected chi connectivity index (χ2v) is 8.66. The maximum Gasteiger partial charge on any atom is 0.216 e. The van der Waals surface area contributed by atoms with E-state index in [2.05, 4.69) is 34.5 Å². The Morgan fingerprint density at radius 2 is 2.05 bits per heavy atom. The smallest absolute Gasteiger partial charge is 0.212 e. The lowest BCUT2D eigenvalue weighted by molar-refractivity contribution is 0.227. The standard InChI is InChI=1S/C15H21BrFNO2S/c1-10-4-3-5-15(11(10)2)18-21(19,20)9-12-6-7-13(16)8-14(12)17/h6-8,10-11,15,18H,3-5,9H2,1-2H3/t10-,11-,15-/m1/s1. The Kier molecular flexibility index (Phi) is 5.43. The molecule has 1 aromatic carbocycles. The molecule has 0 aromatic heterocycles. The molecule has 1 saturated carbocycles. The van der Waals surface area contributed by atoms with E-state index >= 15 is 0 Å². The Morgan fingerprint density at radius 1 is 1.33 bits per heavy atom. The Morgan fingerprint density at radius 3 is 2.71 bits per heavy atom. The first-order chi connectivity index (χ1) is 9.78. The summed E-state index contributed by atoms with van der Waals surface area (Å²) in [6.45, 7) is 4.23. The summed E-state index contributed by atoms with van der Waals surface area (Å²) in [7, 11) is -3.53. The molecule has 0 saturated heterocycles. The highest BCUT2D eigenvalue weighted by molar-refractivity contribution is 9.10. The van der Waals surface area contributed by atoms with Crippen molar-refractivity contribution in [3.8, 4) is 0 Å². The molecule has 1 aromatic rings. The van der Waals surface area contributed by atoms with Gasteiger partial charge in [-0.25, -0.2) is 17.5 Å². The number of halogens is 2. The van der Waals surface area contributed by atoms with Gasteiger partial charge < -0.3 is 0 Å². The van der Waals surface area contributed by atoms with Crippen LogP contribution >= 0.6 is 15.9 Å². The van der Waals surface area contributed by atoms with E-state index in [1.165, 1.54) is 12.1 Å². The third-order valence-corrected chi connectivity index (χ3v) is 6.24. The lowest BCUT2D eigenvalue weighted by Crippen LogP contribution is -2.44. The Hall–Kier alpha value is -0.460. The third kappa shape index (κ3) is 4.50. The molecule has 1 N–H and O–H groups in total.